The molecule has 11 N–H and O–H groups in total. The zero-order valence-electron chi connectivity index (χ0n) is 60.1. The van der Waals surface area contributed by atoms with Crippen LogP contribution in [0.4, 0.5) is 32.3 Å². The van der Waals surface area contributed by atoms with Crippen molar-refractivity contribution < 1.29 is 127 Å². The molecule has 4 aromatic rings. The summed E-state index contributed by atoms with van der Waals surface area (Å²) in [5.41, 5.74) is -0.0164. The smallest absolute Gasteiger partial charge is 0.458 e. The summed E-state index contributed by atoms with van der Waals surface area (Å²) < 4.78 is 122. The normalized spacial score (nSPS) is 14.2. The second kappa shape index (κ2) is 45.7. The highest BCUT2D eigenvalue weighted by atomic mass is 32.2. The van der Waals surface area contributed by atoms with Gasteiger partial charge >= 0.3 is 47.8 Å². The number of nitrogens with one attached hydrogen (secondary N) is 7. The third-order valence-electron chi connectivity index (χ3n) is 15.8. The number of ether oxygens (including phenoxy) is 4. The van der Waals surface area contributed by atoms with E-state index in [2.05, 4.69) is 46.3 Å². The molecule has 2 aromatic heterocycles. The molecule has 1 aliphatic heterocycles. The molecule has 0 spiro atoms. The van der Waals surface area contributed by atoms with E-state index in [1.54, 1.807) is 61.8 Å². The van der Waals surface area contributed by atoms with Crippen LogP contribution in [0.3, 0.4) is 0 Å². The number of aromatic nitrogens is 3. The predicted molar refractivity (Wildman–Crippen MR) is 374 cm³/mol. The van der Waals surface area contributed by atoms with Crippen molar-refractivity contribution >= 4 is 97.6 Å². The zero-order chi connectivity index (χ0) is 81.0. The topological polar surface area (TPSA) is 488 Å². The minimum Gasteiger partial charge on any atom is -0.494 e. The molecule has 0 unspecified atom stereocenters. The number of H-pyrrole nitrogens is 1. The number of Topliss-reactive ketones (excluding diaryl/α,β-unsaturated/α-hetero) is 2. The van der Waals surface area contributed by atoms with Gasteiger partial charge in [0.2, 0.25) is 29.1 Å². The fraction of sp³-hybridized carbons (Fsp3) is 0.545. The van der Waals surface area contributed by atoms with Crippen LogP contribution in [0.15, 0.2) is 63.0 Å². The fourth-order valence-electron chi connectivity index (χ4n) is 10.5. The van der Waals surface area contributed by atoms with Gasteiger partial charge in [-0.1, -0.05) is 6.07 Å². The number of hydrogen-bond acceptors (Lipinski definition) is 24. The average Bonchev–Trinajstić information content (AvgIpc) is 0.892. The van der Waals surface area contributed by atoms with Crippen LogP contribution in [-0.2, 0) is 85.8 Å². The molecule has 0 saturated carbocycles. The Bertz CT molecular complexity index is 3900. The predicted octanol–water partition coefficient (Wildman–Crippen LogP) is 0.0918. The summed E-state index contributed by atoms with van der Waals surface area (Å²) in [7, 11) is -1.55. The maximum Gasteiger partial charge on any atom is 0.458 e. The van der Waals surface area contributed by atoms with Gasteiger partial charge in [0.25, 0.3) is 15.9 Å². The molecule has 0 bridgehead atoms. The molecule has 1 atom stereocenters. The van der Waals surface area contributed by atoms with Crippen LogP contribution >= 0.6 is 0 Å². The van der Waals surface area contributed by atoms with Gasteiger partial charge in [-0.3, -0.25) is 72.3 Å². The Morgan fingerprint density at radius 2 is 1.15 bits per heavy atom. The Hall–Kier alpha value is -10.1. The lowest BCUT2D eigenvalue weighted by Gasteiger charge is -2.33. The Balaban J connectivity index is 0.00000191. The molecule has 0 radical (unpaired) electrons. The van der Waals surface area contributed by atoms with Gasteiger partial charge in [0, 0.05) is 136 Å². The van der Waals surface area contributed by atoms with E-state index in [1.807, 2.05) is 0 Å². The van der Waals surface area contributed by atoms with E-state index in [1.165, 1.54) is 39.2 Å². The molecular formula is C66H90F6N14O22S. The number of anilines is 1. The van der Waals surface area contributed by atoms with E-state index >= 15 is 0 Å². The van der Waals surface area contributed by atoms with Crippen molar-refractivity contribution in [3.8, 4) is 5.75 Å². The Kier molecular flexibility index (Phi) is 38.3. The van der Waals surface area contributed by atoms with Gasteiger partial charge in [0.1, 0.15) is 17.4 Å². The van der Waals surface area contributed by atoms with Crippen molar-refractivity contribution in [1.29, 1.82) is 0 Å². The summed E-state index contributed by atoms with van der Waals surface area (Å²) in [6, 6.07) is 6.89. The maximum atomic E-state index is 13.6. The first kappa shape index (κ1) is 91.3. The summed E-state index contributed by atoms with van der Waals surface area (Å²) in [5.74, 6) is -13.5. The molecular weight excluding hydrogens is 1490 g/mol. The number of rotatable bonds is 42. The molecule has 0 aliphatic carbocycles. The van der Waals surface area contributed by atoms with Crippen LogP contribution in [0.1, 0.15) is 65.6 Å². The van der Waals surface area contributed by atoms with Crippen molar-refractivity contribution in [2.75, 3.05) is 157 Å². The van der Waals surface area contributed by atoms with E-state index in [0.29, 0.717) is 69.4 Å². The molecule has 5 amide bonds. The number of pyridine rings is 1. The number of carbonyl (C=O) groups excluding carboxylic acids is 7. The van der Waals surface area contributed by atoms with Crippen LogP contribution in [0.2, 0.25) is 0 Å². The molecule has 5 rings (SSSR count). The number of nitrogens with zero attached hydrogens (tertiary/aromatic N) is 7. The Morgan fingerprint density at radius 3 is 1.62 bits per heavy atom. The number of carboxylic acids is 4. The average molecular weight is 1580 g/mol. The van der Waals surface area contributed by atoms with Crippen LogP contribution in [-0.4, -0.2) is 304 Å². The summed E-state index contributed by atoms with van der Waals surface area (Å²) in [6.45, 7) is 5.42. The van der Waals surface area contributed by atoms with Gasteiger partial charge in [-0.2, -0.15) is 39.2 Å². The minimum atomic E-state index is -5.77. The van der Waals surface area contributed by atoms with Gasteiger partial charge in [-0.25, -0.2) is 9.78 Å². The Morgan fingerprint density at radius 1 is 0.642 bits per heavy atom. The number of carbonyl (C=O) groups is 11. The lowest BCUT2D eigenvalue weighted by molar-refractivity contribution is -0.193. The molecule has 43 heteroatoms. The third-order valence-corrected chi connectivity index (χ3v) is 17.5. The number of benzene rings is 2. The molecule has 1 fully saturated rings. The highest BCUT2D eigenvalue weighted by Crippen LogP contribution is 2.28. The standard InChI is InChI=1S/C62H90N14O20S.C4F6O2/c1-42-32-45(33-43(2)58(42)97(91,92)71-49(61(89)90)36-68-59(87)47-37-72(4)50-34-44(9-10-46(50)57(47)86)35-69-62-66-15-16-67-62)96-27-5-8-52(78)64-13-6-25-93-28-30-95-31-29-94-26-7-14-65-60(88)48(11-12-51(77)63-3)70-53(79)38-73-17-19-74(39-54(80)81)21-23-76(41-56(84)85)24-22-75(20-18-73)40-55(82)83;5-3(6,7)1(11)2(12)4(8,9)10/h9-10,15-16,32-34,37,48H,5-8,11-14,17-31,35-36,38-41H2,1-4H3,(H,63,77)(H,64,78)(H,65,88)(H,68,87)(H,70,79)(H,80,81)(H,82,83)(H,84,85)(H,89,90)(H2,66,67,69);/t48-;/m1./s1. The number of aliphatic carboxylic acids is 4. The zero-order valence-corrected chi connectivity index (χ0v) is 61.0. The number of carboxylic acid groups (broad SMARTS) is 4. The number of sulfonamides is 1. The number of aryl methyl sites for hydroxylation is 3. The van der Waals surface area contributed by atoms with Gasteiger partial charge in [-0.15, -0.1) is 0 Å². The molecule has 109 heavy (non-hydrogen) atoms. The van der Waals surface area contributed by atoms with E-state index < -0.39 is 99.3 Å². The van der Waals surface area contributed by atoms with E-state index in [9.17, 15) is 113 Å². The second-order valence-corrected chi connectivity index (χ2v) is 26.0. The Labute approximate surface area is 620 Å². The highest BCUT2D eigenvalue weighted by molar-refractivity contribution is 7.90. The molecule has 1 saturated heterocycles. The van der Waals surface area contributed by atoms with Gasteiger partial charge in [-0.05, 0) is 80.5 Å². The maximum absolute atomic E-state index is 13.6. The molecule has 604 valence electrons. The summed E-state index contributed by atoms with van der Waals surface area (Å²) in [5, 5.41) is 54.9. The van der Waals surface area contributed by atoms with Crippen molar-refractivity contribution in [1.82, 2.24) is 60.7 Å². The largest absolute Gasteiger partial charge is 0.494 e. The number of hydrogen-bond donors (Lipinski definition) is 11. The first-order valence-corrected chi connectivity index (χ1v) is 35.3. The first-order chi connectivity index (χ1) is 51.4. The lowest BCUT2D eigenvalue weighted by atomic mass is 10.1. The van der Waals surface area contributed by atoms with Gasteiger partial charge in [0.05, 0.1) is 76.2 Å². The minimum absolute atomic E-state index is 0.00888. The highest BCUT2D eigenvalue weighted by Gasteiger charge is 2.54. The molecule has 1 aliphatic rings. The molecule has 3 heterocycles. The second-order valence-electron chi connectivity index (χ2n) is 24.4. The van der Waals surface area contributed by atoms with Crippen LogP contribution in [0, 0.1) is 13.8 Å². The van der Waals surface area contributed by atoms with Crippen LogP contribution < -0.4 is 42.1 Å². The summed E-state index contributed by atoms with van der Waals surface area (Å²) in [6.07, 6.45) is -5.59. The number of imidazole rings is 1. The van der Waals surface area contributed by atoms with Crippen LogP contribution in [0.5, 0.6) is 5.75 Å². The van der Waals surface area contributed by atoms with Crippen LogP contribution in [0.25, 0.3) is 10.9 Å². The van der Waals surface area contributed by atoms with E-state index in [4.69, 9.17) is 18.9 Å². The van der Waals surface area contributed by atoms with Crippen molar-refractivity contribution in [2.24, 2.45) is 11.4 Å². The third kappa shape index (κ3) is 34.0. The van der Waals surface area contributed by atoms with Crippen molar-refractivity contribution in [3.63, 3.8) is 0 Å². The number of aromatic amines is 1. The quantitative estimate of drug-likeness (QED) is 0.0121. The van der Waals surface area contributed by atoms with E-state index in [-0.39, 0.29) is 170 Å². The monoisotopic (exact) mass is 1580 g/mol. The first-order valence-electron chi connectivity index (χ1n) is 33.9. The SMILES string of the molecule is CNC(=O)CC[C@@H](NC(=O)CN1CCN(CC(=O)O)CCN(CC(=O)O)CCN(CC(=O)O)CC1)C(=O)NCCCOCCOCCOCCCNC(=O)CCCOc1cc(C)c(S(=O)(=O)N=C(CNC(=O)c2cn(C)c3cc(CNc4ncc[nH]4)ccc3c2=O)C(=O)O)c(C)c1.O=C(C(=O)C(F)(F)F)C(F)(F)F. The molecule has 2 aromatic carbocycles. The summed E-state index contributed by atoms with van der Waals surface area (Å²) >= 11 is 0. The molecule has 36 nitrogen and oxygen atoms in total. The van der Waals surface area contributed by atoms with E-state index in [0.717, 1.165) is 5.56 Å². The van der Waals surface area contributed by atoms with Crippen molar-refractivity contribution in [3.05, 3.63) is 81.4 Å². The summed E-state index contributed by atoms with van der Waals surface area (Å²) in [4.78, 5) is 158. The number of ketones is 2. The number of amides is 5. The van der Waals surface area contributed by atoms with Gasteiger partial charge < -0.3 is 80.8 Å². The lowest BCUT2D eigenvalue weighted by Crippen LogP contribution is -2.52. The fourth-order valence-corrected chi connectivity index (χ4v) is 11.9. The number of alkyl halides is 6. The van der Waals surface area contributed by atoms with Crippen molar-refractivity contribution in [2.45, 2.75) is 82.2 Å². The number of halogens is 6. The number of fused-ring (bicyclic) bond motifs is 1. The van der Waals surface area contributed by atoms with Gasteiger partial charge in [0.15, 0.2) is 11.7 Å².